The minimum absolute atomic E-state index is 0.216. The third-order valence-electron chi connectivity index (χ3n) is 2.23. The normalized spacial score (nSPS) is 16.7. The second kappa shape index (κ2) is 4.38. The first-order chi connectivity index (χ1) is 6.75. The van der Waals surface area contributed by atoms with Gasteiger partial charge in [-0.05, 0) is 12.1 Å². The standard InChI is InChI=1S/C10H11BrFNO/c11-8-2-1-7(10(12)3-8)6-14-9-4-13-5-9/h1-3,9,13H,4-6H2. The highest BCUT2D eigenvalue weighted by Gasteiger charge is 2.17. The number of benzene rings is 1. The molecule has 0 saturated carbocycles. The molecule has 4 heteroatoms. The van der Waals surface area contributed by atoms with Gasteiger partial charge in [-0.15, -0.1) is 0 Å². The van der Waals surface area contributed by atoms with E-state index < -0.39 is 0 Å². The largest absolute Gasteiger partial charge is 0.371 e. The molecular formula is C10H11BrFNO. The van der Waals surface area contributed by atoms with Gasteiger partial charge >= 0.3 is 0 Å². The Morgan fingerprint density at radius 2 is 2.29 bits per heavy atom. The van der Waals surface area contributed by atoms with Crippen molar-refractivity contribution in [1.29, 1.82) is 0 Å². The number of ether oxygens (including phenoxy) is 1. The van der Waals surface area contributed by atoms with Crippen LogP contribution in [-0.4, -0.2) is 19.2 Å². The fourth-order valence-electron chi connectivity index (χ4n) is 1.23. The van der Waals surface area contributed by atoms with E-state index in [1.165, 1.54) is 6.07 Å². The van der Waals surface area contributed by atoms with Gasteiger partial charge in [0.05, 0.1) is 12.7 Å². The molecule has 1 saturated heterocycles. The Balaban J connectivity index is 1.94. The molecule has 1 N–H and O–H groups in total. The van der Waals surface area contributed by atoms with Gasteiger partial charge in [0, 0.05) is 23.1 Å². The van der Waals surface area contributed by atoms with Crippen LogP contribution in [0.2, 0.25) is 0 Å². The zero-order chi connectivity index (χ0) is 9.97. The monoisotopic (exact) mass is 259 g/mol. The summed E-state index contributed by atoms with van der Waals surface area (Å²) in [5.41, 5.74) is 0.611. The molecule has 1 aromatic rings. The molecule has 2 rings (SSSR count). The maximum atomic E-state index is 13.3. The van der Waals surface area contributed by atoms with Gasteiger partial charge < -0.3 is 10.1 Å². The zero-order valence-corrected chi connectivity index (χ0v) is 9.18. The van der Waals surface area contributed by atoms with Gasteiger partial charge in [0.1, 0.15) is 5.82 Å². The number of hydrogen-bond acceptors (Lipinski definition) is 2. The topological polar surface area (TPSA) is 21.3 Å². The van der Waals surface area contributed by atoms with Gasteiger partial charge in [-0.2, -0.15) is 0 Å². The Morgan fingerprint density at radius 3 is 2.86 bits per heavy atom. The van der Waals surface area contributed by atoms with Crippen LogP contribution in [0.15, 0.2) is 22.7 Å². The van der Waals surface area contributed by atoms with Crippen LogP contribution in [0.4, 0.5) is 4.39 Å². The van der Waals surface area contributed by atoms with Crippen LogP contribution < -0.4 is 5.32 Å². The van der Waals surface area contributed by atoms with Crippen molar-refractivity contribution in [2.75, 3.05) is 13.1 Å². The van der Waals surface area contributed by atoms with Gasteiger partial charge in [0.15, 0.2) is 0 Å². The highest BCUT2D eigenvalue weighted by molar-refractivity contribution is 9.10. The Morgan fingerprint density at radius 1 is 1.50 bits per heavy atom. The van der Waals surface area contributed by atoms with Crippen molar-refractivity contribution in [3.05, 3.63) is 34.1 Å². The molecule has 0 bridgehead atoms. The molecule has 76 valence electrons. The van der Waals surface area contributed by atoms with Crippen molar-refractivity contribution >= 4 is 15.9 Å². The molecule has 0 radical (unpaired) electrons. The maximum absolute atomic E-state index is 13.3. The quantitative estimate of drug-likeness (QED) is 0.898. The van der Waals surface area contributed by atoms with Gasteiger partial charge in [-0.1, -0.05) is 22.0 Å². The van der Waals surface area contributed by atoms with Crippen LogP contribution in [0.3, 0.4) is 0 Å². The average Bonchev–Trinajstić information content (AvgIpc) is 2.05. The lowest BCUT2D eigenvalue weighted by atomic mass is 10.2. The molecule has 0 atom stereocenters. The van der Waals surface area contributed by atoms with E-state index in [1.807, 2.05) is 6.07 Å². The van der Waals surface area contributed by atoms with Gasteiger partial charge in [-0.25, -0.2) is 4.39 Å². The lowest BCUT2D eigenvalue weighted by molar-refractivity contribution is 0.00637. The third-order valence-corrected chi connectivity index (χ3v) is 2.73. The summed E-state index contributed by atoms with van der Waals surface area (Å²) in [4.78, 5) is 0. The first-order valence-electron chi connectivity index (χ1n) is 4.52. The van der Waals surface area contributed by atoms with E-state index in [9.17, 15) is 4.39 Å². The number of rotatable bonds is 3. The van der Waals surface area contributed by atoms with Crippen molar-refractivity contribution in [3.8, 4) is 0 Å². The van der Waals surface area contributed by atoms with Gasteiger partial charge in [0.25, 0.3) is 0 Å². The Labute approximate surface area is 90.6 Å². The van der Waals surface area contributed by atoms with Crippen molar-refractivity contribution in [2.45, 2.75) is 12.7 Å². The van der Waals surface area contributed by atoms with E-state index in [4.69, 9.17) is 4.74 Å². The summed E-state index contributed by atoms with van der Waals surface area (Å²) < 4.78 is 19.5. The molecule has 0 amide bonds. The van der Waals surface area contributed by atoms with Crippen molar-refractivity contribution in [2.24, 2.45) is 0 Å². The molecule has 1 fully saturated rings. The third kappa shape index (κ3) is 2.32. The highest BCUT2D eigenvalue weighted by atomic mass is 79.9. The van der Waals surface area contributed by atoms with Crippen LogP contribution in [0.5, 0.6) is 0 Å². The smallest absolute Gasteiger partial charge is 0.129 e. The maximum Gasteiger partial charge on any atom is 0.129 e. The van der Waals surface area contributed by atoms with E-state index in [1.54, 1.807) is 6.07 Å². The minimum atomic E-state index is -0.216. The van der Waals surface area contributed by atoms with Crippen LogP contribution in [0, 0.1) is 5.82 Å². The van der Waals surface area contributed by atoms with Crippen LogP contribution >= 0.6 is 15.9 Å². The fourth-order valence-corrected chi connectivity index (χ4v) is 1.56. The fraction of sp³-hybridized carbons (Fsp3) is 0.400. The van der Waals surface area contributed by atoms with E-state index in [0.717, 1.165) is 17.6 Å². The summed E-state index contributed by atoms with van der Waals surface area (Å²) in [7, 11) is 0. The Kier molecular flexibility index (Phi) is 3.15. The van der Waals surface area contributed by atoms with Crippen LogP contribution in [0.1, 0.15) is 5.56 Å². The zero-order valence-electron chi connectivity index (χ0n) is 7.59. The van der Waals surface area contributed by atoms with E-state index >= 15 is 0 Å². The van der Waals surface area contributed by atoms with E-state index in [0.29, 0.717) is 12.2 Å². The summed E-state index contributed by atoms with van der Waals surface area (Å²) in [5, 5.41) is 3.09. The summed E-state index contributed by atoms with van der Waals surface area (Å²) >= 11 is 3.21. The predicted molar refractivity (Wildman–Crippen MR) is 55.5 cm³/mol. The Bertz CT molecular complexity index is 328. The first-order valence-corrected chi connectivity index (χ1v) is 5.31. The molecule has 0 aliphatic carbocycles. The second-order valence-electron chi connectivity index (χ2n) is 3.33. The molecule has 1 aliphatic rings. The molecule has 14 heavy (non-hydrogen) atoms. The van der Waals surface area contributed by atoms with E-state index in [2.05, 4.69) is 21.2 Å². The highest BCUT2D eigenvalue weighted by Crippen LogP contribution is 2.16. The second-order valence-corrected chi connectivity index (χ2v) is 4.24. The molecule has 1 aromatic carbocycles. The average molecular weight is 260 g/mol. The Hall–Kier alpha value is -0.450. The van der Waals surface area contributed by atoms with Gasteiger partial charge in [-0.3, -0.25) is 0 Å². The molecule has 2 nitrogen and oxygen atoms in total. The van der Waals surface area contributed by atoms with Crippen molar-refractivity contribution in [1.82, 2.24) is 5.32 Å². The molecule has 1 aliphatic heterocycles. The molecular weight excluding hydrogens is 249 g/mol. The summed E-state index contributed by atoms with van der Waals surface area (Å²) in [6.45, 7) is 2.10. The minimum Gasteiger partial charge on any atom is -0.371 e. The summed E-state index contributed by atoms with van der Waals surface area (Å²) in [5.74, 6) is -0.216. The van der Waals surface area contributed by atoms with Crippen LogP contribution in [0.25, 0.3) is 0 Å². The number of halogens is 2. The lowest BCUT2D eigenvalue weighted by Gasteiger charge is -2.27. The van der Waals surface area contributed by atoms with Crippen molar-refractivity contribution in [3.63, 3.8) is 0 Å². The first kappa shape index (κ1) is 10.1. The predicted octanol–water partition coefficient (Wildman–Crippen LogP) is 2.08. The number of hydrogen-bond donors (Lipinski definition) is 1. The SMILES string of the molecule is Fc1cc(Br)ccc1COC1CNC1. The summed E-state index contributed by atoms with van der Waals surface area (Å²) in [6, 6.07) is 5.02. The number of nitrogens with one attached hydrogen (secondary N) is 1. The van der Waals surface area contributed by atoms with Crippen LogP contribution in [-0.2, 0) is 11.3 Å². The van der Waals surface area contributed by atoms with E-state index in [-0.39, 0.29) is 11.9 Å². The molecule has 0 spiro atoms. The van der Waals surface area contributed by atoms with Crippen molar-refractivity contribution < 1.29 is 9.13 Å². The molecule has 1 heterocycles. The summed E-state index contributed by atoms with van der Waals surface area (Å²) in [6.07, 6.45) is 0.248. The lowest BCUT2D eigenvalue weighted by Crippen LogP contribution is -2.48. The van der Waals surface area contributed by atoms with Gasteiger partial charge in [0.2, 0.25) is 0 Å². The molecule has 0 unspecified atom stereocenters. The molecule has 0 aromatic heterocycles.